The van der Waals surface area contributed by atoms with Crippen molar-refractivity contribution in [3.8, 4) is 0 Å². The molecule has 1 saturated heterocycles. The molecule has 2 rings (SSSR count). The van der Waals surface area contributed by atoms with E-state index in [2.05, 4.69) is 48.1 Å². The highest BCUT2D eigenvalue weighted by Crippen LogP contribution is 2.30. The molecule has 1 N–H and O–H groups in total. The van der Waals surface area contributed by atoms with Crippen molar-refractivity contribution in [2.45, 2.75) is 46.2 Å². The Morgan fingerprint density at radius 2 is 2.26 bits per heavy atom. The van der Waals surface area contributed by atoms with Crippen LogP contribution in [0.3, 0.4) is 0 Å². The normalized spacial score (nSPS) is 22.6. The maximum absolute atomic E-state index is 4.43. The first kappa shape index (κ1) is 14.5. The average Bonchev–Trinajstić information content (AvgIpc) is 2.41. The second-order valence-electron chi connectivity index (χ2n) is 6.25. The fraction of sp³-hybridized carbons (Fsp3) is 0.688. The van der Waals surface area contributed by atoms with Crippen LogP contribution in [0.1, 0.15) is 39.3 Å². The molecule has 0 radical (unpaired) electrons. The van der Waals surface area contributed by atoms with Gasteiger partial charge in [-0.25, -0.2) is 0 Å². The van der Waals surface area contributed by atoms with Gasteiger partial charge in [0.15, 0.2) is 0 Å². The third-order valence-electron chi connectivity index (χ3n) is 4.33. The summed E-state index contributed by atoms with van der Waals surface area (Å²) in [7, 11) is 0. The van der Waals surface area contributed by atoms with Gasteiger partial charge in [-0.15, -0.1) is 0 Å². The van der Waals surface area contributed by atoms with Crippen molar-refractivity contribution in [3.63, 3.8) is 0 Å². The van der Waals surface area contributed by atoms with Crippen molar-refractivity contribution >= 4 is 0 Å². The van der Waals surface area contributed by atoms with Gasteiger partial charge in [0, 0.05) is 25.3 Å². The Morgan fingerprint density at radius 3 is 2.89 bits per heavy atom. The lowest BCUT2D eigenvalue weighted by Gasteiger charge is -2.41. The van der Waals surface area contributed by atoms with Gasteiger partial charge in [-0.2, -0.15) is 0 Å². The van der Waals surface area contributed by atoms with Crippen LogP contribution >= 0.6 is 0 Å². The van der Waals surface area contributed by atoms with Crippen molar-refractivity contribution in [1.29, 1.82) is 0 Å². The van der Waals surface area contributed by atoms with E-state index in [9.17, 15) is 0 Å². The van der Waals surface area contributed by atoms with Crippen molar-refractivity contribution < 1.29 is 0 Å². The quantitative estimate of drug-likeness (QED) is 0.883. The molecule has 1 aromatic rings. The number of aromatic nitrogens is 1. The third kappa shape index (κ3) is 4.02. The maximum atomic E-state index is 4.43. The zero-order valence-electron chi connectivity index (χ0n) is 12.5. The highest BCUT2D eigenvalue weighted by atomic mass is 15.2. The lowest BCUT2D eigenvalue weighted by molar-refractivity contribution is 0.125. The lowest BCUT2D eigenvalue weighted by atomic mass is 9.77. The van der Waals surface area contributed by atoms with E-state index >= 15 is 0 Å². The molecule has 3 heteroatoms. The summed E-state index contributed by atoms with van der Waals surface area (Å²) in [6.45, 7) is 11.3. The predicted octanol–water partition coefficient (Wildman–Crippen LogP) is 2.68. The van der Waals surface area contributed by atoms with Gasteiger partial charge in [0.05, 0.1) is 5.69 Å². The third-order valence-corrected chi connectivity index (χ3v) is 4.33. The zero-order chi connectivity index (χ0) is 13.7. The number of nitrogens with zero attached hydrogens (tertiary/aromatic N) is 2. The Bertz CT molecular complexity index is 375. The summed E-state index contributed by atoms with van der Waals surface area (Å²) in [5, 5.41) is 3.70. The van der Waals surface area contributed by atoms with E-state index in [1.807, 2.05) is 12.3 Å². The zero-order valence-corrected chi connectivity index (χ0v) is 12.5. The summed E-state index contributed by atoms with van der Waals surface area (Å²) >= 11 is 0. The molecular weight excluding hydrogens is 234 g/mol. The molecule has 1 atom stereocenters. The Kier molecular flexibility index (Phi) is 4.94. The van der Waals surface area contributed by atoms with Crippen LogP contribution in [0.2, 0.25) is 0 Å². The number of hydrogen-bond acceptors (Lipinski definition) is 3. The second-order valence-corrected chi connectivity index (χ2v) is 6.25. The monoisotopic (exact) mass is 261 g/mol. The number of piperidine rings is 1. The van der Waals surface area contributed by atoms with Gasteiger partial charge in [0.1, 0.15) is 0 Å². The molecule has 1 aliphatic heterocycles. The Balaban J connectivity index is 1.95. The Morgan fingerprint density at radius 1 is 1.42 bits per heavy atom. The summed E-state index contributed by atoms with van der Waals surface area (Å²) in [5.41, 5.74) is 1.56. The summed E-state index contributed by atoms with van der Waals surface area (Å²) in [6.07, 6.45) is 4.51. The topological polar surface area (TPSA) is 28.2 Å². The first-order chi connectivity index (χ1) is 9.12. The minimum absolute atomic E-state index is 0.399. The summed E-state index contributed by atoms with van der Waals surface area (Å²) in [4.78, 5) is 6.93. The van der Waals surface area contributed by atoms with E-state index in [-0.39, 0.29) is 0 Å². The van der Waals surface area contributed by atoms with Crippen molar-refractivity contribution in [2.24, 2.45) is 5.41 Å². The minimum Gasteiger partial charge on any atom is -0.312 e. The maximum Gasteiger partial charge on any atom is 0.0543 e. The number of likely N-dealkylation sites (N-methyl/N-ethyl adjacent to an activating group) is 1. The first-order valence-corrected chi connectivity index (χ1v) is 7.47. The Hall–Kier alpha value is -0.930. The van der Waals surface area contributed by atoms with E-state index < -0.39 is 0 Å². The largest absolute Gasteiger partial charge is 0.312 e. The molecule has 0 bridgehead atoms. The summed E-state index contributed by atoms with van der Waals surface area (Å²) in [6, 6.07) is 6.75. The summed E-state index contributed by atoms with van der Waals surface area (Å²) in [5.74, 6) is 0. The molecule has 106 valence electrons. The van der Waals surface area contributed by atoms with Gasteiger partial charge in [-0.3, -0.25) is 9.88 Å². The fourth-order valence-corrected chi connectivity index (χ4v) is 2.87. The van der Waals surface area contributed by atoms with Crippen LogP contribution in [-0.4, -0.2) is 35.6 Å². The molecule has 3 nitrogen and oxygen atoms in total. The highest BCUT2D eigenvalue weighted by Gasteiger charge is 2.32. The van der Waals surface area contributed by atoms with Crippen LogP contribution < -0.4 is 5.32 Å². The lowest BCUT2D eigenvalue weighted by Crippen LogP contribution is -2.52. The Labute approximate surface area is 117 Å². The van der Waals surface area contributed by atoms with E-state index in [4.69, 9.17) is 0 Å². The minimum atomic E-state index is 0.399. The van der Waals surface area contributed by atoms with E-state index in [0.717, 1.165) is 31.9 Å². The van der Waals surface area contributed by atoms with Crippen LogP contribution in [0.15, 0.2) is 24.4 Å². The van der Waals surface area contributed by atoms with Crippen LogP contribution in [0.5, 0.6) is 0 Å². The van der Waals surface area contributed by atoms with E-state index in [1.165, 1.54) is 12.8 Å². The number of rotatable bonds is 5. The molecule has 1 aromatic heterocycles. The molecule has 0 aromatic carbocycles. The predicted molar refractivity (Wildman–Crippen MR) is 80.0 cm³/mol. The SMILES string of the molecule is CCN(Cc1ccccn1)CC1NCCCC1(C)C. The number of nitrogens with one attached hydrogen (secondary N) is 1. The number of pyridine rings is 1. The number of hydrogen-bond donors (Lipinski definition) is 1. The average molecular weight is 261 g/mol. The highest BCUT2D eigenvalue weighted by molar-refractivity contribution is 5.03. The van der Waals surface area contributed by atoms with Crippen LogP contribution in [-0.2, 0) is 6.54 Å². The van der Waals surface area contributed by atoms with Gasteiger partial charge in [-0.1, -0.05) is 26.8 Å². The van der Waals surface area contributed by atoms with E-state index in [0.29, 0.717) is 11.5 Å². The van der Waals surface area contributed by atoms with Crippen molar-refractivity contribution in [1.82, 2.24) is 15.2 Å². The molecule has 0 amide bonds. The molecular formula is C16H27N3. The van der Waals surface area contributed by atoms with Crippen LogP contribution in [0.4, 0.5) is 0 Å². The summed E-state index contributed by atoms with van der Waals surface area (Å²) < 4.78 is 0. The molecule has 0 spiro atoms. The standard InChI is InChI=1S/C16H27N3/c1-4-19(12-14-8-5-6-10-17-14)13-15-16(2,3)9-7-11-18-15/h5-6,8,10,15,18H,4,7,9,11-13H2,1-3H3. The van der Waals surface area contributed by atoms with Gasteiger partial charge in [-0.05, 0) is 43.5 Å². The molecule has 1 aliphatic rings. The smallest absolute Gasteiger partial charge is 0.0543 e. The van der Waals surface area contributed by atoms with Gasteiger partial charge < -0.3 is 5.32 Å². The van der Waals surface area contributed by atoms with Crippen LogP contribution in [0.25, 0.3) is 0 Å². The van der Waals surface area contributed by atoms with Gasteiger partial charge in [0.2, 0.25) is 0 Å². The van der Waals surface area contributed by atoms with Gasteiger partial charge >= 0.3 is 0 Å². The molecule has 1 unspecified atom stereocenters. The van der Waals surface area contributed by atoms with Crippen molar-refractivity contribution in [3.05, 3.63) is 30.1 Å². The molecule has 2 heterocycles. The molecule has 0 aliphatic carbocycles. The fourth-order valence-electron chi connectivity index (χ4n) is 2.87. The first-order valence-electron chi connectivity index (χ1n) is 7.47. The van der Waals surface area contributed by atoms with Crippen LogP contribution in [0, 0.1) is 5.41 Å². The second kappa shape index (κ2) is 6.49. The van der Waals surface area contributed by atoms with Gasteiger partial charge in [0.25, 0.3) is 0 Å². The molecule has 19 heavy (non-hydrogen) atoms. The molecule has 1 fully saturated rings. The van der Waals surface area contributed by atoms with Crippen molar-refractivity contribution in [2.75, 3.05) is 19.6 Å². The molecule has 0 saturated carbocycles. The van der Waals surface area contributed by atoms with E-state index in [1.54, 1.807) is 0 Å².